The van der Waals surface area contributed by atoms with Crippen LogP contribution < -0.4 is 0 Å². The van der Waals surface area contributed by atoms with E-state index in [4.69, 9.17) is 19.1 Å². The second kappa shape index (κ2) is 38.4. The van der Waals surface area contributed by atoms with Crippen LogP contribution in [0.4, 0.5) is 0 Å². The highest BCUT2D eigenvalue weighted by Crippen LogP contribution is 2.43. The molecule has 0 rings (SSSR count). The van der Waals surface area contributed by atoms with Crippen LogP contribution in [0.2, 0.25) is 0 Å². The van der Waals surface area contributed by atoms with Crippen LogP contribution in [0.1, 0.15) is 90.9 Å². The fourth-order valence-corrected chi connectivity index (χ4v) is 4.84. The van der Waals surface area contributed by atoms with Gasteiger partial charge < -0.3 is 24.6 Å². The predicted molar refractivity (Wildman–Crippen MR) is 223 cm³/mol. The molecule has 0 bridgehead atoms. The van der Waals surface area contributed by atoms with E-state index >= 15 is 0 Å². The first kappa shape index (κ1) is 51.1. The number of phosphoric acid groups is 1. The Labute approximate surface area is 330 Å². The maximum atomic E-state index is 12.5. The van der Waals surface area contributed by atoms with Gasteiger partial charge in [0.15, 0.2) is 6.10 Å². The zero-order valence-electron chi connectivity index (χ0n) is 32.8. The van der Waals surface area contributed by atoms with Crippen LogP contribution in [0, 0.1) is 0 Å². The van der Waals surface area contributed by atoms with Gasteiger partial charge in [0.05, 0.1) is 19.8 Å². The van der Waals surface area contributed by atoms with Crippen molar-refractivity contribution in [2.45, 2.75) is 103 Å². The van der Waals surface area contributed by atoms with Crippen LogP contribution in [0.5, 0.6) is 0 Å². The minimum absolute atomic E-state index is 0.0626. The molecule has 0 fully saturated rings. The minimum atomic E-state index is -4.66. The molecular weight excluding hydrogens is 719 g/mol. The second-order valence-corrected chi connectivity index (χ2v) is 13.4. The van der Waals surface area contributed by atoms with E-state index in [9.17, 15) is 24.2 Å². The Hall–Kier alpha value is -3.89. The molecular formula is C44H65O10P. The molecule has 10 nitrogen and oxygen atoms in total. The first-order valence-electron chi connectivity index (χ1n) is 19.2. The second-order valence-electron chi connectivity index (χ2n) is 12.0. The van der Waals surface area contributed by atoms with E-state index in [1.807, 2.05) is 66.8 Å². The van der Waals surface area contributed by atoms with E-state index in [1.165, 1.54) is 0 Å². The van der Waals surface area contributed by atoms with Gasteiger partial charge in [-0.15, -0.1) is 0 Å². The Kier molecular flexibility index (Phi) is 35.7. The average molecular weight is 785 g/mol. The van der Waals surface area contributed by atoms with E-state index in [2.05, 4.69) is 85.2 Å². The number of unbranched alkanes of at least 4 members (excludes halogenated alkanes) is 1. The quantitative estimate of drug-likeness (QED) is 0.0193. The number of phosphoric ester groups is 1. The zero-order chi connectivity index (χ0) is 40.5. The van der Waals surface area contributed by atoms with Crippen LogP contribution >= 0.6 is 7.82 Å². The lowest BCUT2D eigenvalue weighted by Crippen LogP contribution is -2.29. The van der Waals surface area contributed by atoms with Gasteiger partial charge in [0, 0.05) is 12.8 Å². The molecule has 0 aromatic carbocycles. The fourth-order valence-electron chi connectivity index (χ4n) is 4.05. The van der Waals surface area contributed by atoms with E-state index in [0.29, 0.717) is 19.3 Å². The van der Waals surface area contributed by atoms with Gasteiger partial charge in [0.25, 0.3) is 0 Å². The minimum Gasteiger partial charge on any atom is -0.462 e. The van der Waals surface area contributed by atoms with Crippen LogP contribution in [0.25, 0.3) is 0 Å². The van der Waals surface area contributed by atoms with Gasteiger partial charge in [0.2, 0.25) is 0 Å². The average Bonchev–Trinajstić information content (AvgIpc) is 3.17. The third kappa shape index (κ3) is 38.2. The molecule has 0 aliphatic heterocycles. The SMILES string of the molecule is CC/C=C/C=C/C=C/C=C/C=C/CCCC(=O)OC(COC(=O)CC/C=C/C/C=C/C/C=C/C/C=C/C/C=C/C/C=C/CC)COP(=O)(O)OC[C@H](O)CO. The van der Waals surface area contributed by atoms with Gasteiger partial charge in [-0.25, -0.2) is 4.57 Å². The summed E-state index contributed by atoms with van der Waals surface area (Å²) < 4.78 is 32.4. The highest BCUT2D eigenvalue weighted by Gasteiger charge is 2.27. The van der Waals surface area contributed by atoms with Crippen molar-refractivity contribution in [1.82, 2.24) is 0 Å². The van der Waals surface area contributed by atoms with Crippen molar-refractivity contribution >= 4 is 19.8 Å². The van der Waals surface area contributed by atoms with Crippen molar-refractivity contribution < 1.29 is 47.8 Å². The van der Waals surface area contributed by atoms with Gasteiger partial charge in [-0.1, -0.05) is 148 Å². The first-order chi connectivity index (χ1) is 26.7. The zero-order valence-corrected chi connectivity index (χ0v) is 33.7. The Morgan fingerprint density at radius 1 is 0.564 bits per heavy atom. The molecule has 0 spiro atoms. The third-order valence-corrected chi connectivity index (χ3v) is 7.89. The van der Waals surface area contributed by atoms with Gasteiger partial charge in [0.1, 0.15) is 12.7 Å². The van der Waals surface area contributed by atoms with Gasteiger partial charge in [-0.3, -0.25) is 18.6 Å². The summed E-state index contributed by atoms with van der Waals surface area (Å²) in [5.41, 5.74) is 0. The number of aliphatic hydroxyl groups is 2. The smallest absolute Gasteiger partial charge is 0.462 e. The lowest BCUT2D eigenvalue weighted by Gasteiger charge is -2.20. The highest BCUT2D eigenvalue weighted by molar-refractivity contribution is 7.47. The van der Waals surface area contributed by atoms with E-state index < -0.39 is 58.4 Å². The summed E-state index contributed by atoms with van der Waals surface area (Å²) in [4.78, 5) is 34.8. The maximum Gasteiger partial charge on any atom is 0.472 e. The number of esters is 2. The molecule has 0 aromatic rings. The summed E-state index contributed by atoms with van der Waals surface area (Å²) in [5, 5.41) is 18.3. The van der Waals surface area contributed by atoms with Gasteiger partial charge in [-0.05, 0) is 64.2 Å². The molecule has 0 saturated carbocycles. The molecule has 0 amide bonds. The van der Waals surface area contributed by atoms with Crippen molar-refractivity contribution in [3.63, 3.8) is 0 Å². The highest BCUT2D eigenvalue weighted by atomic mass is 31.2. The Morgan fingerprint density at radius 3 is 1.56 bits per heavy atom. The summed E-state index contributed by atoms with van der Waals surface area (Å²) in [7, 11) is -4.66. The molecule has 3 atom stereocenters. The molecule has 0 heterocycles. The topological polar surface area (TPSA) is 149 Å². The molecule has 3 N–H and O–H groups in total. The number of carbonyl (C=O) groups is 2. The Bertz CT molecular complexity index is 1360. The number of hydrogen-bond acceptors (Lipinski definition) is 9. The molecule has 0 saturated heterocycles. The molecule has 306 valence electrons. The summed E-state index contributed by atoms with van der Waals surface area (Å²) >= 11 is 0. The largest absolute Gasteiger partial charge is 0.472 e. The van der Waals surface area contributed by atoms with E-state index in [1.54, 1.807) is 0 Å². The number of hydrogen-bond donors (Lipinski definition) is 3. The molecule has 0 aliphatic carbocycles. The van der Waals surface area contributed by atoms with Gasteiger partial charge in [-0.2, -0.15) is 0 Å². The molecule has 55 heavy (non-hydrogen) atoms. The standard InChI is InChI=1S/C44H65O10P/c1-3-5-7-9-11-13-15-17-18-19-20-21-22-24-25-27-29-31-33-35-43(47)51-39-42(40-53-55(49,50)52-38-41(46)37-45)54-44(48)36-34-32-30-28-26-23-16-14-12-10-8-6-4-2/h5-8,10-14,16-18,20-21,23-26,28-31,41-42,45-46H,3-4,9,15,19,22,27,32-40H2,1-2H3,(H,49,50)/b7-5+,8-6+,12-10+,13-11+,16-14+,18-17+,21-20+,25-24+,26-23+,30-28+,31-29+/t41-,42?/m1/s1. The number of allylic oxidation sites excluding steroid dienone is 22. The van der Waals surface area contributed by atoms with Crippen molar-refractivity contribution in [3.05, 3.63) is 134 Å². The number of ether oxygens (including phenoxy) is 2. The van der Waals surface area contributed by atoms with E-state index in [-0.39, 0.29) is 12.8 Å². The Balaban J connectivity index is 4.62. The van der Waals surface area contributed by atoms with Gasteiger partial charge >= 0.3 is 19.8 Å². The van der Waals surface area contributed by atoms with Crippen LogP contribution in [0.3, 0.4) is 0 Å². The molecule has 0 aromatic heterocycles. The van der Waals surface area contributed by atoms with Crippen LogP contribution in [0.15, 0.2) is 134 Å². The number of carbonyl (C=O) groups excluding carboxylic acids is 2. The summed E-state index contributed by atoms with van der Waals surface area (Å²) in [6.07, 6.45) is 50.2. The first-order valence-corrected chi connectivity index (χ1v) is 20.7. The van der Waals surface area contributed by atoms with Crippen molar-refractivity contribution in [3.8, 4) is 0 Å². The van der Waals surface area contributed by atoms with Crippen molar-refractivity contribution in [1.29, 1.82) is 0 Å². The number of rotatable bonds is 33. The van der Waals surface area contributed by atoms with Crippen molar-refractivity contribution in [2.75, 3.05) is 26.4 Å². The third-order valence-electron chi connectivity index (χ3n) is 6.94. The summed E-state index contributed by atoms with van der Waals surface area (Å²) in [5.74, 6) is -1.13. The van der Waals surface area contributed by atoms with Crippen molar-refractivity contribution in [2.24, 2.45) is 0 Å². The molecule has 0 radical (unpaired) electrons. The van der Waals surface area contributed by atoms with E-state index in [0.717, 1.165) is 44.9 Å². The normalized spacial score (nSPS) is 15.4. The fraction of sp³-hybridized carbons (Fsp3) is 0.455. The monoisotopic (exact) mass is 784 g/mol. The molecule has 2 unspecified atom stereocenters. The summed E-state index contributed by atoms with van der Waals surface area (Å²) in [6.45, 7) is 1.89. The maximum absolute atomic E-state index is 12.5. The Morgan fingerprint density at radius 2 is 1.04 bits per heavy atom. The molecule has 0 aliphatic rings. The number of aliphatic hydroxyl groups excluding tert-OH is 2. The predicted octanol–water partition coefficient (Wildman–Crippen LogP) is 9.77. The lowest BCUT2D eigenvalue weighted by molar-refractivity contribution is -0.161. The van der Waals surface area contributed by atoms with Crippen LogP contribution in [-0.2, 0) is 32.7 Å². The van der Waals surface area contributed by atoms with Crippen LogP contribution in [-0.4, -0.2) is 65.7 Å². The lowest BCUT2D eigenvalue weighted by atomic mass is 10.2. The molecule has 11 heteroatoms. The summed E-state index contributed by atoms with van der Waals surface area (Å²) in [6, 6.07) is 0.